The first-order valence-electron chi connectivity index (χ1n) is 11.7. The SMILES string of the molecule is CC1CC=CC=C1/C=C/C(=O)NCCC1[C@H]2CN(c3cccc(OC(C)(C)C)c3)C[C@@H]12. The van der Waals surface area contributed by atoms with Crippen molar-refractivity contribution < 1.29 is 9.53 Å². The Morgan fingerprint density at radius 2 is 2.03 bits per heavy atom. The monoisotopic (exact) mass is 420 g/mol. The maximum absolute atomic E-state index is 12.1. The maximum atomic E-state index is 12.1. The molecule has 4 atom stereocenters. The molecule has 1 amide bonds. The number of carbonyl (C=O) groups is 1. The molecule has 4 heteroatoms. The van der Waals surface area contributed by atoms with Crippen molar-refractivity contribution in [2.45, 2.75) is 46.1 Å². The number of nitrogens with one attached hydrogen (secondary N) is 1. The van der Waals surface area contributed by atoms with Gasteiger partial charge in [-0.2, -0.15) is 0 Å². The highest BCUT2D eigenvalue weighted by Crippen LogP contribution is 2.54. The molecule has 2 aliphatic carbocycles. The Balaban J connectivity index is 1.19. The Morgan fingerprint density at radius 3 is 2.74 bits per heavy atom. The first kappa shape index (κ1) is 21.7. The Hall–Kier alpha value is -2.49. The predicted molar refractivity (Wildman–Crippen MR) is 127 cm³/mol. The Kier molecular flexibility index (Phi) is 6.27. The zero-order chi connectivity index (χ0) is 22.0. The zero-order valence-corrected chi connectivity index (χ0v) is 19.3. The van der Waals surface area contributed by atoms with Crippen LogP contribution in [0, 0.1) is 23.7 Å². The van der Waals surface area contributed by atoms with Crippen LogP contribution in [0.3, 0.4) is 0 Å². The number of allylic oxidation sites excluding steroid dienone is 5. The van der Waals surface area contributed by atoms with Crippen molar-refractivity contribution in [3.63, 3.8) is 0 Å². The first-order chi connectivity index (χ1) is 14.8. The van der Waals surface area contributed by atoms with E-state index in [1.807, 2.05) is 12.1 Å². The third-order valence-electron chi connectivity index (χ3n) is 6.67. The summed E-state index contributed by atoms with van der Waals surface area (Å²) in [4.78, 5) is 14.6. The molecule has 1 aromatic rings. The molecule has 4 nitrogen and oxygen atoms in total. The Labute approximate surface area is 187 Å². The van der Waals surface area contributed by atoms with Crippen molar-refractivity contribution in [2.24, 2.45) is 23.7 Å². The van der Waals surface area contributed by atoms with Gasteiger partial charge in [0.15, 0.2) is 0 Å². The number of piperidine rings is 1. The van der Waals surface area contributed by atoms with Crippen LogP contribution in [0.15, 0.2) is 60.2 Å². The Morgan fingerprint density at radius 1 is 1.26 bits per heavy atom. The summed E-state index contributed by atoms with van der Waals surface area (Å²) >= 11 is 0. The van der Waals surface area contributed by atoms with Crippen LogP contribution in [0.25, 0.3) is 0 Å². The summed E-state index contributed by atoms with van der Waals surface area (Å²) in [5, 5.41) is 3.07. The normalized spacial score (nSPS) is 27.2. The summed E-state index contributed by atoms with van der Waals surface area (Å²) in [6.45, 7) is 11.4. The number of fused-ring (bicyclic) bond motifs is 1. The van der Waals surface area contributed by atoms with Crippen LogP contribution in [-0.2, 0) is 4.79 Å². The minimum atomic E-state index is -0.181. The van der Waals surface area contributed by atoms with Gasteiger partial charge in [-0.05, 0) is 75.0 Å². The van der Waals surface area contributed by atoms with Gasteiger partial charge in [0, 0.05) is 37.5 Å². The number of anilines is 1. The molecule has 3 aliphatic rings. The lowest BCUT2D eigenvalue weighted by Gasteiger charge is -2.25. The van der Waals surface area contributed by atoms with Crippen molar-refractivity contribution in [3.8, 4) is 5.75 Å². The fourth-order valence-corrected chi connectivity index (χ4v) is 4.96. The Bertz CT molecular complexity index is 881. The smallest absolute Gasteiger partial charge is 0.243 e. The third-order valence-corrected chi connectivity index (χ3v) is 6.67. The van der Waals surface area contributed by atoms with Crippen molar-refractivity contribution in [1.82, 2.24) is 5.32 Å². The van der Waals surface area contributed by atoms with E-state index in [2.05, 4.69) is 74.3 Å². The van der Waals surface area contributed by atoms with Crippen molar-refractivity contribution in [2.75, 3.05) is 24.5 Å². The third kappa shape index (κ3) is 5.61. The highest BCUT2D eigenvalue weighted by atomic mass is 16.5. The van der Waals surface area contributed by atoms with E-state index in [-0.39, 0.29) is 11.5 Å². The molecule has 0 spiro atoms. The van der Waals surface area contributed by atoms with Crippen LogP contribution in [0.5, 0.6) is 5.75 Å². The second-order valence-electron chi connectivity index (χ2n) is 10.3. The molecule has 1 heterocycles. The molecule has 0 radical (unpaired) electrons. The number of ether oxygens (including phenoxy) is 1. The van der Waals surface area contributed by atoms with Crippen LogP contribution in [-0.4, -0.2) is 31.1 Å². The quantitative estimate of drug-likeness (QED) is 0.622. The lowest BCUT2D eigenvalue weighted by molar-refractivity contribution is -0.116. The second-order valence-corrected chi connectivity index (χ2v) is 10.3. The fraction of sp³-hybridized carbons (Fsp3) is 0.519. The highest BCUT2D eigenvalue weighted by Gasteiger charge is 2.54. The van der Waals surface area contributed by atoms with E-state index in [1.54, 1.807) is 6.08 Å². The van der Waals surface area contributed by atoms with Gasteiger partial charge < -0.3 is 15.0 Å². The molecule has 2 unspecified atom stereocenters. The number of carbonyl (C=O) groups excluding carboxylic acids is 1. The molecule has 1 aliphatic heterocycles. The van der Waals surface area contributed by atoms with E-state index < -0.39 is 0 Å². The molecule has 1 saturated carbocycles. The van der Waals surface area contributed by atoms with Gasteiger partial charge in [-0.1, -0.05) is 37.3 Å². The van der Waals surface area contributed by atoms with Crippen molar-refractivity contribution in [1.29, 1.82) is 0 Å². The summed E-state index contributed by atoms with van der Waals surface area (Å²) in [5.74, 6) is 3.72. The molecule has 1 N–H and O–H groups in total. The lowest BCUT2D eigenvalue weighted by atomic mass is 9.93. The summed E-state index contributed by atoms with van der Waals surface area (Å²) in [6, 6.07) is 8.46. The van der Waals surface area contributed by atoms with Gasteiger partial charge in [0.1, 0.15) is 11.4 Å². The number of hydrogen-bond acceptors (Lipinski definition) is 3. The molecule has 0 bridgehead atoms. The largest absolute Gasteiger partial charge is 0.488 e. The number of rotatable bonds is 7. The molecule has 1 saturated heterocycles. The van der Waals surface area contributed by atoms with Crippen LogP contribution in [0.4, 0.5) is 5.69 Å². The van der Waals surface area contributed by atoms with Gasteiger partial charge in [0.2, 0.25) is 5.91 Å². The van der Waals surface area contributed by atoms with Crippen molar-refractivity contribution in [3.05, 3.63) is 60.2 Å². The summed E-state index contributed by atoms with van der Waals surface area (Å²) in [7, 11) is 0. The average Bonchev–Trinajstić information content (AvgIpc) is 3.15. The van der Waals surface area contributed by atoms with E-state index in [9.17, 15) is 4.79 Å². The van der Waals surface area contributed by atoms with Crippen LogP contribution in [0.2, 0.25) is 0 Å². The second kappa shape index (κ2) is 8.94. The number of amides is 1. The van der Waals surface area contributed by atoms with Gasteiger partial charge in [-0.3, -0.25) is 4.79 Å². The number of nitrogens with zero attached hydrogens (tertiary/aromatic N) is 1. The van der Waals surface area contributed by atoms with Gasteiger partial charge in [0.25, 0.3) is 0 Å². The first-order valence-corrected chi connectivity index (χ1v) is 11.7. The summed E-state index contributed by atoms with van der Waals surface area (Å²) in [5.41, 5.74) is 2.30. The number of hydrogen-bond donors (Lipinski definition) is 1. The topological polar surface area (TPSA) is 41.6 Å². The summed E-state index contributed by atoms with van der Waals surface area (Å²) < 4.78 is 6.02. The number of benzene rings is 1. The molecular formula is C27H36N2O2. The van der Waals surface area contributed by atoms with E-state index in [0.717, 1.165) is 56.0 Å². The van der Waals surface area contributed by atoms with E-state index in [0.29, 0.717) is 5.92 Å². The highest BCUT2D eigenvalue weighted by molar-refractivity contribution is 5.87. The van der Waals surface area contributed by atoms with E-state index in [1.165, 1.54) is 11.3 Å². The molecule has 0 aromatic heterocycles. The van der Waals surface area contributed by atoms with Crippen molar-refractivity contribution >= 4 is 11.6 Å². The lowest BCUT2D eigenvalue weighted by Crippen LogP contribution is -2.27. The molecule has 166 valence electrons. The maximum Gasteiger partial charge on any atom is 0.243 e. The van der Waals surface area contributed by atoms with Crippen LogP contribution < -0.4 is 15.0 Å². The van der Waals surface area contributed by atoms with Crippen LogP contribution in [0.1, 0.15) is 40.5 Å². The zero-order valence-electron chi connectivity index (χ0n) is 19.3. The fourth-order valence-electron chi connectivity index (χ4n) is 4.96. The van der Waals surface area contributed by atoms with Gasteiger partial charge in [-0.15, -0.1) is 0 Å². The molecule has 31 heavy (non-hydrogen) atoms. The van der Waals surface area contributed by atoms with Gasteiger partial charge in [-0.25, -0.2) is 0 Å². The van der Waals surface area contributed by atoms with Gasteiger partial charge in [0.05, 0.1) is 0 Å². The van der Waals surface area contributed by atoms with Crippen LogP contribution >= 0.6 is 0 Å². The van der Waals surface area contributed by atoms with E-state index in [4.69, 9.17) is 4.74 Å². The minimum Gasteiger partial charge on any atom is -0.488 e. The average molecular weight is 421 g/mol. The standard InChI is InChI=1S/C27H36N2O2/c1-19-8-5-6-9-20(19)12-13-26(30)28-15-14-23-24-17-29(18-25(23)24)21-10-7-11-22(16-21)31-27(2,3)4/h5-7,9-13,16,19,23-25H,8,14-15,17-18H2,1-4H3,(H,28,30)/b13-12+/t19?,23?,24-,25+. The molecule has 2 fully saturated rings. The summed E-state index contributed by atoms with van der Waals surface area (Å²) in [6.07, 6.45) is 12.1. The van der Waals surface area contributed by atoms with E-state index >= 15 is 0 Å². The minimum absolute atomic E-state index is 0.0192. The molecule has 1 aromatic carbocycles. The molecular weight excluding hydrogens is 384 g/mol. The molecule has 4 rings (SSSR count). The predicted octanol–water partition coefficient (Wildman–Crippen LogP) is 5.13. The van der Waals surface area contributed by atoms with Gasteiger partial charge >= 0.3 is 0 Å².